The lowest BCUT2D eigenvalue weighted by Gasteiger charge is -2.23. The average molecular weight is 313 g/mol. The van der Waals surface area contributed by atoms with Crippen molar-refractivity contribution < 1.29 is 17.9 Å². The molecule has 2 aliphatic rings. The van der Waals surface area contributed by atoms with Gasteiger partial charge in [-0.2, -0.15) is 0 Å². The Balaban J connectivity index is 1.89. The number of hydrogen-bond donors (Lipinski definition) is 2. The van der Waals surface area contributed by atoms with E-state index >= 15 is 0 Å². The summed E-state index contributed by atoms with van der Waals surface area (Å²) in [6.07, 6.45) is 4.24. The SMILES string of the molecule is Cc1c(F)cc(CO)cc1S(=O)(=O)NC1CC2CCC1C2. The van der Waals surface area contributed by atoms with Crippen LogP contribution in [0, 0.1) is 24.6 Å². The Morgan fingerprint density at radius 2 is 2.10 bits per heavy atom. The standard InChI is InChI=1S/C15H20FNO3S/c1-9-13(16)5-11(8-18)7-15(9)21(19,20)17-14-6-10-2-3-12(14)4-10/h5,7,10,12,14,17-18H,2-4,6,8H2,1H3. The minimum absolute atomic E-state index is 0.0333. The molecule has 0 spiro atoms. The van der Waals surface area contributed by atoms with E-state index in [0.29, 0.717) is 11.8 Å². The van der Waals surface area contributed by atoms with E-state index in [-0.39, 0.29) is 28.7 Å². The normalized spacial score (nSPS) is 28.2. The number of aliphatic hydroxyl groups is 1. The van der Waals surface area contributed by atoms with E-state index < -0.39 is 15.8 Å². The molecular weight excluding hydrogens is 293 g/mol. The molecule has 3 atom stereocenters. The predicted octanol–water partition coefficient (Wildman–Crippen LogP) is 2.09. The summed E-state index contributed by atoms with van der Waals surface area (Å²) in [4.78, 5) is -0.0608. The lowest BCUT2D eigenvalue weighted by Crippen LogP contribution is -2.38. The Labute approximate surface area is 124 Å². The fourth-order valence-corrected chi connectivity index (χ4v) is 5.35. The molecule has 0 amide bonds. The molecule has 2 saturated carbocycles. The molecule has 0 aliphatic heterocycles. The van der Waals surface area contributed by atoms with E-state index in [1.54, 1.807) is 0 Å². The molecule has 6 heteroatoms. The van der Waals surface area contributed by atoms with E-state index in [1.807, 2.05) is 0 Å². The molecule has 2 bridgehead atoms. The molecule has 116 valence electrons. The molecule has 2 fully saturated rings. The number of nitrogens with one attached hydrogen (secondary N) is 1. The van der Waals surface area contributed by atoms with Gasteiger partial charge in [0.15, 0.2) is 0 Å². The van der Waals surface area contributed by atoms with Gasteiger partial charge in [0.1, 0.15) is 5.82 Å². The van der Waals surface area contributed by atoms with Gasteiger partial charge in [-0.15, -0.1) is 0 Å². The molecule has 3 rings (SSSR count). The summed E-state index contributed by atoms with van der Waals surface area (Å²) in [5.74, 6) is 0.440. The van der Waals surface area contributed by atoms with E-state index in [0.717, 1.165) is 19.3 Å². The van der Waals surface area contributed by atoms with Gasteiger partial charge >= 0.3 is 0 Å². The highest BCUT2D eigenvalue weighted by atomic mass is 32.2. The highest BCUT2D eigenvalue weighted by Crippen LogP contribution is 2.44. The Morgan fingerprint density at radius 3 is 2.67 bits per heavy atom. The number of benzene rings is 1. The summed E-state index contributed by atoms with van der Waals surface area (Å²) in [7, 11) is -3.75. The largest absolute Gasteiger partial charge is 0.392 e. The van der Waals surface area contributed by atoms with Crippen molar-refractivity contribution in [2.24, 2.45) is 11.8 Å². The quantitative estimate of drug-likeness (QED) is 0.894. The van der Waals surface area contributed by atoms with Crippen LogP contribution in [0.4, 0.5) is 4.39 Å². The molecule has 21 heavy (non-hydrogen) atoms. The van der Waals surface area contributed by atoms with Gasteiger partial charge in [-0.1, -0.05) is 6.42 Å². The summed E-state index contributed by atoms with van der Waals surface area (Å²) in [6.45, 7) is 1.07. The number of rotatable bonds is 4. The van der Waals surface area contributed by atoms with Crippen molar-refractivity contribution in [1.29, 1.82) is 0 Å². The summed E-state index contributed by atoms with van der Waals surface area (Å²) in [5.41, 5.74) is 0.370. The summed E-state index contributed by atoms with van der Waals surface area (Å²) in [5, 5.41) is 9.13. The second-order valence-electron chi connectivity index (χ2n) is 6.26. The Morgan fingerprint density at radius 1 is 1.33 bits per heavy atom. The van der Waals surface area contributed by atoms with Gasteiger partial charge < -0.3 is 5.11 Å². The van der Waals surface area contributed by atoms with Crippen LogP contribution in [0.2, 0.25) is 0 Å². The van der Waals surface area contributed by atoms with Crippen molar-refractivity contribution >= 4 is 10.0 Å². The van der Waals surface area contributed by atoms with Gasteiger partial charge in [-0.05, 0) is 55.7 Å². The molecule has 0 saturated heterocycles. The molecule has 3 unspecified atom stereocenters. The molecule has 0 radical (unpaired) electrons. The van der Waals surface area contributed by atoms with Gasteiger partial charge in [0.05, 0.1) is 11.5 Å². The smallest absolute Gasteiger partial charge is 0.241 e. The number of halogens is 1. The maximum absolute atomic E-state index is 13.8. The highest BCUT2D eigenvalue weighted by Gasteiger charge is 2.41. The van der Waals surface area contributed by atoms with Crippen molar-refractivity contribution in [2.45, 2.75) is 50.2 Å². The van der Waals surface area contributed by atoms with Gasteiger partial charge in [-0.3, -0.25) is 0 Å². The fraction of sp³-hybridized carbons (Fsp3) is 0.600. The molecule has 2 aliphatic carbocycles. The third-order valence-corrected chi connectivity index (χ3v) is 6.49. The Hall–Kier alpha value is -0.980. The van der Waals surface area contributed by atoms with E-state index in [2.05, 4.69) is 4.72 Å². The number of fused-ring (bicyclic) bond motifs is 2. The molecule has 1 aromatic rings. The first-order valence-corrected chi connectivity index (χ1v) is 8.81. The lowest BCUT2D eigenvalue weighted by molar-refractivity contribution is 0.281. The zero-order chi connectivity index (χ0) is 15.2. The summed E-state index contributed by atoms with van der Waals surface area (Å²) < 4.78 is 41.7. The van der Waals surface area contributed by atoms with Crippen molar-refractivity contribution in [3.05, 3.63) is 29.1 Å². The third-order valence-electron chi connectivity index (χ3n) is 4.87. The maximum atomic E-state index is 13.8. The first-order valence-electron chi connectivity index (χ1n) is 7.33. The lowest BCUT2D eigenvalue weighted by atomic mass is 9.96. The zero-order valence-electron chi connectivity index (χ0n) is 12.0. The van der Waals surface area contributed by atoms with Crippen molar-refractivity contribution in [3.8, 4) is 0 Å². The van der Waals surface area contributed by atoms with Crippen LogP contribution in [0.5, 0.6) is 0 Å². The number of hydrogen-bond acceptors (Lipinski definition) is 3. The van der Waals surface area contributed by atoms with Crippen LogP contribution < -0.4 is 4.72 Å². The Kier molecular flexibility index (Phi) is 3.80. The van der Waals surface area contributed by atoms with Gasteiger partial charge in [0.2, 0.25) is 10.0 Å². The molecule has 0 aromatic heterocycles. The fourth-order valence-electron chi connectivity index (χ4n) is 3.73. The van der Waals surface area contributed by atoms with Crippen LogP contribution in [0.15, 0.2) is 17.0 Å². The average Bonchev–Trinajstić information content (AvgIpc) is 3.03. The van der Waals surface area contributed by atoms with Crippen molar-refractivity contribution in [1.82, 2.24) is 4.72 Å². The number of aliphatic hydroxyl groups excluding tert-OH is 1. The molecular formula is C15H20FNO3S. The second kappa shape index (κ2) is 5.34. The van der Waals surface area contributed by atoms with Crippen LogP contribution in [0.1, 0.15) is 36.8 Å². The third kappa shape index (κ3) is 2.72. The predicted molar refractivity (Wildman–Crippen MR) is 76.6 cm³/mol. The highest BCUT2D eigenvalue weighted by molar-refractivity contribution is 7.89. The first kappa shape index (κ1) is 14.9. The zero-order valence-corrected chi connectivity index (χ0v) is 12.8. The van der Waals surface area contributed by atoms with Crippen LogP contribution in [-0.2, 0) is 16.6 Å². The van der Waals surface area contributed by atoms with Gasteiger partial charge in [-0.25, -0.2) is 17.5 Å². The molecule has 2 N–H and O–H groups in total. The van der Waals surface area contributed by atoms with E-state index in [1.165, 1.54) is 25.5 Å². The molecule has 0 heterocycles. The second-order valence-corrected chi connectivity index (χ2v) is 7.94. The van der Waals surface area contributed by atoms with Gasteiger partial charge in [0, 0.05) is 11.6 Å². The summed E-state index contributed by atoms with van der Waals surface area (Å²) >= 11 is 0. The summed E-state index contributed by atoms with van der Waals surface area (Å²) in [6, 6.07) is 2.49. The monoisotopic (exact) mass is 313 g/mol. The van der Waals surface area contributed by atoms with Crippen LogP contribution >= 0.6 is 0 Å². The van der Waals surface area contributed by atoms with E-state index in [9.17, 15) is 12.8 Å². The first-order chi connectivity index (χ1) is 9.90. The minimum atomic E-state index is -3.75. The minimum Gasteiger partial charge on any atom is -0.392 e. The Bertz CT molecular complexity index is 659. The van der Waals surface area contributed by atoms with Crippen molar-refractivity contribution in [2.75, 3.05) is 0 Å². The van der Waals surface area contributed by atoms with Crippen LogP contribution in [0.3, 0.4) is 0 Å². The van der Waals surface area contributed by atoms with Gasteiger partial charge in [0.25, 0.3) is 0 Å². The molecule has 4 nitrogen and oxygen atoms in total. The van der Waals surface area contributed by atoms with Crippen LogP contribution in [-0.4, -0.2) is 19.6 Å². The molecule has 1 aromatic carbocycles. The van der Waals surface area contributed by atoms with Crippen molar-refractivity contribution in [3.63, 3.8) is 0 Å². The van der Waals surface area contributed by atoms with E-state index in [4.69, 9.17) is 5.11 Å². The number of sulfonamides is 1. The topological polar surface area (TPSA) is 66.4 Å². The maximum Gasteiger partial charge on any atom is 0.241 e. The van der Waals surface area contributed by atoms with Crippen LogP contribution in [0.25, 0.3) is 0 Å².